The number of aromatic nitrogens is 2. The third-order valence-electron chi connectivity index (χ3n) is 5.50. The van der Waals surface area contributed by atoms with E-state index in [1.54, 1.807) is 6.20 Å². The number of nitrogens with two attached hydrogens (primary N) is 2. The minimum absolute atomic E-state index is 0.321. The van der Waals surface area contributed by atoms with Gasteiger partial charge in [0.2, 0.25) is 0 Å². The first-order valence-corrected chi connectivity index (χ1v) is 8.39. The molecular weight excluding hydrogens is 288 g/mol. The van der Waals surface area contributed by atoms with Gasteiger partial charge in [-0.1, -0.05) is 0 Å². The van der Waals surface area contributed by atoms with E-state index in [-0.39, 0.29) is 5.54 Å². The molecule has 0 saturated carbocycles. The van der Waals surface area contributed by atoms with E-state index in [9.17, 15) is 0 Å². The van der Waals surface area contributed by atoms with Gasteiger partial charge in [0, 0.05) is 43.0 Å². The molecule has 2 aliphatic heterocycles. The minimum Gasteiger partial charge on any atom is -0.387 e. The van der Waals surface area contributed by atoms with E-state index in [0.29, 0.717) is 18.2 Å². The summed E-state index contributed by atoms with van der Waals surface area (Å²) < 4.78 is 1.97. The number of hydrogen-bond donors (Lipinski definition) is 2. The Balaban J connectivity index is 1.61. The summed E-state index contributed by atoms with van der Waals surface area (Å²) >= 11 is 0. The van der Waals surface area contributed by atoms with Crippen molar-refractivity contribution in [1.29, 1.82) is 0 Å². The molecule has 0 aromatic carbocycles. The van der Waals surface area contributed by atoms with Crippen molar-refractivity contribution in [2.75, 3.05) is 13.1 Å². The van der Waals surface area contributed by atoms with Crippen LogP contribution in [0.15, 0.2) is 17.3 Å². The normalized spacial score (nSPS) is 26.5. The number of amidine groups is 1. The molecular formula is C17H28N6. The average Bonchev–Trinajstić information content (AvgIpc) is 2.74. The molecule has 23 heavy (non-hydrogen) atoms. The molecule has 1 atom stereocenters. The zero-order valence-electron chi connectivity index (χ0n) is 14.4. The predicted molar refractivity (Wildman–Crippen MR) is 93.0 cm³/mol. The monoisotopic (exact) mass is 316 g/mol. The summed E-state index contributed by atoms with van der Waals surface area (Å²) in [6.07, 6.45) is 6.70. The van der Waals surface area contributed by atoms with Crippen LogP contribution in [0.3, 0.4) is 0 Å². The fraction of sp³-hybridized carbons (Fsp3) is 0.647. The lowest BCUT2D eigenvalue weighted by Gasteiger charge is -2.41. The highest BCUT2D eigenvalue weighted by Crippen LogP contribution is 2.32. The van der Waals surface area contributed by atoms with E-state index in [1.165, 1.54) is 11.3 Å². The number of likely N-dealkylation sites (tertiary alicyclic amines) is 1. The maximum atomic E-state index is 6.59. The van der Waals surface area contributed by atoms with Crippen LogP contribution >= 0.6 is 0 Å². The molecule has 0 bridgehead atoms. The molecule has 1 aromatic rings. The first kappa shape index (κ1) is 16.2. The molecule has 1 fully saturated rings. The Bertz CT molecular complexity index is 636. The van der Waals surface area contributed by atoms with E-state index in [4.69, 9.17) is 11.5 Å². The van der Waals surface area contributed by atoms with Crippen molar-refractivity contribution in [1.82, 2.24) is 14.7 Å². The maximum Gasteiger partial charge on any atom is 0.101 e. The second-order valence-corrected chi connectivity index (χ2v) is 7.05. The Morgan fingerprint density at radius 2 is 2.00 bits per heavy atom. The topological polar surface area (TPSA) is 85.5 Å². The van der Waals surface area contributed by atoms with Crippen LogP contribution in [0.25, 0.3) is 0 Å². The molecule has 4 N–H and O–H groups in total. The fourth-order valence-electron chi connectivity index (χ4n) is 3.87. The highest BCUT2D eigenvalue weighted by molar-refractivity contribution is 5.83. The SMILES string of the molecule is Cc1nn(C)c(C)c1CN1CCC(C2(N)C=CN=C(N)C2)CC1. The molecule has 0 aliphatic carbocycles. The van der Waals surface area contributed by atoms with Gasteiger partial charge >= 0.3 is 0 Å². The number of nitrogens with zero attached hydrogens (tertiary/aromatic N) is 4. The Hall–Kier alpha value is -1.66. The fourth-order valence-corrected chi connectivity index (χ4v) is 3.87. The molecule has 3 heterocycles. The molecule has 6 nitrogen and oxygen atoms in total. The number of hydrogen-bond acceptors (Lipinski definition) is 5. The van der Waals surface area contributed by atoms with E-state index in [1.807, 2.05) is 17.8 Å². The zero-order chi connectivity index (χ0) is 16.6. The standard InChI is InChI=1S/C17H28N6/c1-12-15(13(2)22(3)21-12)11-23-8-4-14(5-9-23)17(19)6-7-20-16(18)10-17/h6-7,14H,4-5,8-11,19H2,1-3H3,(H2,18,20). The van der Waals surface area contributed by atoms with Gasteiger partial charge in [-0.25, -0.2) is 4.99 Å². The van der Waals surface area contributed by atoms with Crippen LogP contribution in [0.1, 0.15) is 36.2 Å². The highest BCUT2D eigenvalue weighted by Gasteiger charge is 2.37. The van der Waals surface area contributed by atoms with Crippen molar-refractivity contribution in [2.45, 2.75) is 45.2 Å². The smallest absolute Gasteiger partial charge is 0.101 e. The van der Waals surface area contributed by atoms with Crippen molar-refractivity contribution >= 4 is 5.84 Å². The largest absolute Gasteiger partial charge is 0.387 e. The van der Waals surface area contributed by atoms with Crippen LogP contribution in [0, 0.1) is 19.8 Å². The van der Waals surface area contributed by atoms with E-state index >= 15 is 0 Å². The lowest BCUT2D eigenvalue weighted by molar-refractivity contribution is 0.143. The van der Waals surface area contributed by atoms with Gasteiger partial charge in [0.05, 0.1) is 5.69 Å². The predicted octanol–water partition coefficient (Wildman–Crippen LogP) is 1.22. The molecule has 126 valence electrons. The van der Waals surface area contributed by atoms with Crippen LogP contribution in [0.4, 0.5) is 0 Å². The van der Waals surface area contributed by atoms with Gasteiger partial charge < -0.3 is 11.5 Å². The molecule has 1 unspecified atom stereocenters. The summed E-state index contributed by atoms with van der Waals surface area (Å²) in [5.74, 6) is 1.12. The third-order valence-corrected chi connectivity index (χ3v) is 5.50. The van der Waals surface area contributed by atoms with Gasteiger partial charge in [-0.15, -0.1) is 0 Å². The molecule has 0 amide bonds. The summed E-state index contributed by atoms with van der Waals surface area (Å²) in [5, 5.41) is 4.52. The van der Waals surface area contributed by atoms with Gasteiger partial charge in [0.15, 0.2) is 0 Å². The van der Waals surface area contributed by atoms with Crippen LogP contribution in [0.5, 0.6) is 0 Å². The summed E-state index contributed by atoms with van der Waals surface area (Å²) in [7, 11) is 2.01. The minimum atomic E-state index is -0.321. The number of piperidine rings is 1. The molecule has 0 spiro atoms. The van der Waals surface area contributed by atoms with Crippen molar-refractivity contribution < 1.29 is 0 Å². The lowest BCUT2D eigenvalue weighted by Crippen LogP contribution is -2.52. The Labute approximate surface area is 138 Å². The maximum absolute atomic E-state index is 6.59. The summed E-state index contributed by atoms with van der Waals surface area (Å²) in [6, 6.07) is 0. The number of aliphatic imine (C=N–C) groups is 1. The van der Waals surface area contributed by atoms with E-state index in [2.05, 4.69) is 28.8 Å². The van der Waals surface area contributed by atoms with Gasteiger partial charge in [-0.2, -0.15) is 5.10 Å². The number of aryl methyl sites for hydroxylation is 2. The van der Waals surface area contributed by atoms with Crippen molar-refractivity contribution in [3.05, 3.63) is 29.2 Å². The van der Waals surface area contributed by atoms with Crippen LogP contribution in [-0.2, 0) is 13.6 Å². The van der Waals surface area contributed by atoms with Crippen molar-refractivity contribution in [3.63, 3.8) is 0 Å². The van der Waals surface area contributed by atoms with E-state index < -0.39 is 0 Å². The summed E-state index contributed by atoms with van der Waals surface area (Å²) in [5.41, 5.74) is 15.9. The van der Waals surface area contributed by atoms with Gasteiger partial charge in [-0.05, 0) is 51.8 Å². The first-order valence-electron chi connectivity index (χ1n) is 8.39. The summed E-state index contributed by atoms with van der Waals surface area (Å²) in [6.45, 7) is 7.37. The molecule has 3 rings (SSSR count). The molecule has 1 saturated heterocycles. The Morgan fingerprint density at radius 3 is 2.57 bits per heavy atom. The average molecular weight is 316 g/mol. The van der Waals surface area contributed by atoms with Crippen molar-refractivity contribution in [3.8, 4) is 0 Å². The van der Waals surface area contributed by atoms with Crippen molar-refractivity contribution in [2.24, 2.45) is 29.4 Å². The molecule has 1 aromatic heterocycles. The lowest BCUT2D eigenvalue weighted by atomic mass is 9.75. The second-order valence-electron chi connectivity index (χ2n) is 7.05. The van der Waals surface area contributed by atoms with Crippen LogP contribution in [0.2, 0.25) is 0 Å². The van der Waals surface area contributed by atoms with Gasteiger partial charge in [0.25, 0.3) is 0 Å². The highest BCUT2D eigenvalue weighted by atomic mass is 15.3. The molecule has 0 radical (unpaired) electrons. The summed E-state index contributed by atoms with van der Waals surface area (Å²) in [4.78, 5) is 6.64. The quantitative estimate of drug-likeness (QED) is 0.878. The van der Waals surface area contributed by atoms with Crippen LogP contribution < -0.4 is 11.5 Å². The second kappa shape index (κ2) is 6.09. The third kappa shape index (κ3) is 3.19. The molecule has 2 aliphatic rings. The first-order chi connectivity index (χ1) is 10.9. The molecule has 6 heteroatoms. The Morgan fingerprint density at radius 1 is 1.30 bits per heavy atom. The van der Waals surface area contributed by atoms with E-state index in [0.717, 1.165) is 38.2 Å². The van der Waals surface area contributed by atoms with Crippen LogP contribution in [-0.4, -0.2) is 39.1 Å². The van der Waals surface area contributed by atoms with Gasteiger partial charge in [-0.3, -0.25) is 9.58 Å². The van der Waals surface area contributed by atoms with Gasteiger partial charge in [0.1, 0.15) is 5.84 Å². The number of rotatable bonds is 3. The zero-order valence-corrected chi connectivity index (χ0v) is 14.4. The Kier molecular flexibility index (Phi) is 4.29.